The van der Waals surface area contributed by atoms with E-state index in [1.807, 2.05) is 24.3 Å². The van der Waals surface area contributed by atoms with Crippen LogP contribution in [0.2, 0.25) is 0 Å². The third-order valence-electron chi connectivity index (χ3n) is 5.88. The standard InChI is InChI=1S/C26H34FN3O3/c1-26(2,3)21-8-4-20(5-9-21)25(32)28-13-12-24(31)29-18-23(30-14-16-33-17-15-30)19-6-10-22(27)11-7-19/h4-11,23H,12-18H2,1-3H3,(H,28,32)(H,29,31)/t23-/m0/s1. The van der Waals surface area contributed by atoms with Gasteiger partial charge >= 0.3 is 0 Å². The van der Waals surface area contributed by atoms with Gasteiger partial charge in [0.15, 0.2) is 0 Å². The average Bonchev–Trinajstić information content (AvgIpc) is 2.80. The zero-order valence-corrected chi connectivity index (χ0v) is 19.7. The molecule has 2 amide bonds. The third kappa shape index (κ3) is 7.37. The summed E-state index contributed by atoms with van der Waals surface area (Å²) in [6.45, 7) is 9.81. The van der Waals surface area contributed by atoms with Crippen LogP contribution in [-0.4, -0.2) is 56.1 Å². The topological polar surface area (TPSA) is 70.7 Å². The number of nitrogens with one attached hydrogen (secondary N) is 2. The zero-order chi connectivity index (χ0) is 23.8. The van der Waals surface area contributed by atoms with E-state index in [-0.39, 0.29) is 42.1 Å². The van der Waals surface area contributed by atoms with E-state index in [4.69, 9.17) is 4.74 Å². The molecule has 0 aromatic heterocycles. The molecule has 0 bridgehead atoms. The van der Waals surface area contributed by atoms with Crippen LogP contribution in [0.5, 0.6) is 0 Å². The summed E-state index contributed by atoms with van der Waals surface area (Å²) < 4.78 is 18.8. The second-order valence-electron chi connectivity index (χ2n) is 9.35. The Labute approximate surface area is 195 Å². The van der Waals surface area contributed by atoms with Gasteiger partial charge in [-0.25, -0.2) is 4.39 Å². The van der Waals surface area contributed by atoms with Crippen LogP contribution in [0.3, 0.4) is 0 Å². The fourth-order valence-electron chi connectivity index (χ4n) is 3.84. The van der Waals surface area contributed by atoms with E-state index in [1.54, 1.807) is 12.1 Å². The summed E-state index contributed by atoms with van der Waals surface area (Å²) >= 11 is 0. The van der Waals surface area contributed by atoms with Gasteiger partial charge in [0.1, 0.15) is 5.82 Å². The number of carbonyl (C=O) groups excluding carboxylic acids is 2. The Morgan fingerprint density at radius 2 is 1.64 bits per heavy atom. The van der Waals surface area contributed by atoms with Crippen molar-refractivity contribution in [2.75, 3.05) is 39.4 Å². The van der Waals surface area contributed by atoms with Gasteiger partial charge in [-0.05, 0) is 40.8 Å². The Bertz CT molecular complexity index is 917. The Morgan fingerprint density at radius 3 is 2.24 bits per heavy atom. The summed E-state index contributed by atoms with van der Waals surface area (Å²) in [5.41, 5.74) is 2.72. The lowest BCUT2D eigenvalue weighted by Gasteiger charge is -2.35. The molecule has 1 aliphatic heterocycles. The highest BCUT2D eigenvalue weighted by atomic mass is 19.1. The van der Waals surface area contributed by atoms with E-state index in [0.717, 1.165) is 24.2 Å². The highest BCUT2D eigenvalue weighted by Crippen LogP contribution is 2.23. The van der Waals surface area contributed by atoms with Crippen molar-refractivity contribution in [2.45, 2.75) is 38.6 Å². The molecule has 1 atom stereocenters. The van der Waals surface area contributed by atoms with Gasteiger partial charge in [-0.15, -0.1) is 0 Å². The van der Waals surface area contributed by atoms with Crippen LogP contribution in [0.15, 0.2) is 48.5 Å². The van der Waals surface area contributed by atoms with Gasteiger partial charge in [0.2, 0.25) is 5.91 Å². The van der Waals surface area contributed by atoms with E-state index < -0.39 is 0 Å². The summed E-state index contributed by atoms with van der Waals surface area (Å²) in [5, 5.41) is 5.77. The first-order valence-corrected chi connectivity index (χ1v) is 11.5. The monoisotopic (exact) mass is 455 g/mol. The van der Waals surface area contributed by atoms with Crippen molar-refractivity contribution >= 4 is 11.8 Å². The van der Waals surface area contributed by atoms with E-state index >= 15 is 0 Å². The predicted molar refractivity (Wildman–Crippen MR) is 127 cm³/mol. The van der Waals surface area contributed by atoms with Crippen LogP contribution < -0.4 is 10.6 Å². The Hall–Kier alpha value is -2.77. The molecule has 0 aliphatic carbocycles. The van der Waals surface area contributed by atoms with Crippen molar-refractivity contribution in [1.82, 2.24) is 15.5 Å². The Morgan fingerprint density at radius 1 is 1.00 bits per heavy atom. The van der Waals surface area contributed by atoms with E-state index in [0.29, 0.717) is 25.3 Å². The van der Waals surface area contributed by atoms with Gasteiger partial charge in [0.25, 0.3) is 5.91 Å². The molecule has 0 unspecified atom stereocenters. The van der Waals surface area contributed by atoms with Crippen LogP contribution in [0.25, 0.3) is 0 Å². The summed E-state index contributed by atoms with van der Waals surface area (Å²) in [6.07, 6.45) is 0.186. The number of halogens is 1. The Kier molecular flexibility index (Phi) is 8.58. The first kappa shape index (κ1) is 24.9. The number of morpholine rings is 1. The molecular formula is C26H34FN3O3. The molecule has 0 spiro atoms. The molecule has 1 aliphatic rings. The van der Waals surface area contributed by atoms with Crippen LogP contribution in [-0.2, 0) is 14.9 Å². The van der Waals surface area contributed by atoms with Crippen molar-refractivity contribution in [3.63, 3.8) is 0 Å². The molecule has 1 saturated heterocycles. The lowest BCUT2D eigenvalue weighted by atomic mass is 9.87. The van der Waals surface area contributed by atoms with Gasteiger partial charge in [-0.3, -0.25) is 14.5 Å². The number of ether oxygens (including phenoxy) is 1. The number of rotatable bonds is 8. The molecule has 6 nitrogen and oxygen atoms in total. The normalized spacial score (nSPS) is 15.6. The maximum atomic E-state index is 13.4. The van der Waals surface area contributed by atoms with Crippen molar-refractivity contribution < 1.29 is 18.7 Å². The molecule has 0 radical (unpaired) electrons. The first-order chi connectivity index (χ1) is 15.7. The van der Waals surface area contributed by atoms with Gasteiger partial charge in [-0.1, -0.05) is 45.0 Å². The fraction of sp³-hybridized carbons (Fsp3) is 0.462. The maximum absolute atomic E-state index is 13.4. The number of benzene rings is 2. The van der Waals surface area contributed by atoms with Crippen molar-refractivity contribution in [1.29, 1.82) is 0 Å². The predicted octanol–water partition coefficient (Wildman–Crippen LogP) is 3.43. The Balaban J connectivity index is 1.48. The minimum absolute atomic E-state index is 0.0279. The number of nitrogens with zero attached hydrogens (tertiary/aromatic N) is 1. The quantitative estimate of drug-likeness (QED) is 0.640. The second-order valence-corrected chi connectivity index (χ2v) is 9.35. The molecule has 2 N–H and O–H groups in total. The van der Waals surface area contributed by atoms with Gasteiger partial charge in [0, 0.05) is 38.2 Å². The fourth-order valence-corrected chi connectivity index (χ4v) is 3.84. The van der Waals surface area contributed by atoms with Crippen LogP contribution >= 0.6 is 0 Å². The van der Waals surface area contributed by atoms with E-state index in [9.17, 15) is 14.0 Å². The van der Waals surface area contributed by atoms with Crippen LogP contribution in [0, 0.1) is 5.82 Å². The molecule has 1 fully saturated rings. The average molecular weight is 456 g/mol. The second kappa shape index (κ2) is 11.4. The van der Waals surface area contributed by atoms with E-state index in [1.165, 1.54) is 12.1 Å². The lowest BCUT2D eigenvalue weighted by Crippen LogP contribution is -2.44. The maximum Gasteiger partial charge on any atom is 0.251 e. The molecule has 0 saturated carbocycles. The smallest absolute Gasteiger partial charge is 0.251 e. The zero-order valence-electron chi connectivity index (χ0n) is 19.7. The first-order valence-electron chi connectivity index (χ1n) is 11.5. The molecule has 3 rings (SSSR count). The summed E-state index contributed by atoms with van der Waals surface area (Å²) in [4.78, 5) is 27.0. The highest BCUT2D eigenvalue weighted by molar-refractivity contribution is 5.94. The van der Waals surface area contributed by atoms with Crippen molar-refractivity contribution in [3.8, 4) is 0 Å². The summed E-state index contributed by atoms with van der Waals surface area (Å²) in [6, 6.07) is 13.9. The number of hydrogen-bond donors (Lipinski definition) is 2. The molecule has 178 valence electrons. The third-order valence-corrected chi connectivity index (χ3v) is 5.88. The SMILES string of the molecule is CC(C)(C)c1ccc(C(=O)NCCC(=O)NC[C@@H](c2ccc(F)cc2)N2CCOCC2)cc1. The largest absolute Gasteiger partial charge is 0.379 e. The van der Waals surface area contributed by atoms with Gasteiger partial charge < -0.3 is 15.4 Å². The number of amides is 2. The van der Waals surface area contributed by atoms with Crippen LogP contribution in [0.1, 0.15) is 54.7 Å². The van der Waals surface area contributed by atoms with Crippen LogP contribution in [0.4, 0.5) is 4.39 Å². The highest BCUT2D eigenvalue weighted by Gasteiger charge is 2.23. The van der Waals surface area contributed by atoms with Crippen molar-refractivity contribution in [2.24, 2.45) is 0 Å². The van der Waals surface area contributed by atoms with Crippen molar-refractivity contribution in [3.05, 3.63) is 71.0 Å². The molecule has 7 heteroatoms. The number of carbonyl (C=O) groups is 2. The molecule has 2 aromatic carbocycles. The summed E-state index contributed by atoms with van der Waals surface area (Å²) in [5.74, 6) is -0.619. The summed E-state index contributed by atoms with van der Waals surface area (Å²) in [7, 11) is 0. The van der Waals surface area contributed by atoms with Gasteiger partial charge in [-0.2, -0.15) is 0 Å². The minimum Gasteiger partial charge on any atom is -0.379 e. The minimum atomic E-state index is -0.285. The number of hydrogen-bond acceptors (Lipinski definition) is 4. The molecule has 1 heterocycles. The molecule has 33 heavy (non-hydrogen) atoms. The molecule has 2 aromatic rings. The molecular weight excluding hydrogens is 421 g/mol. The van der Waals surface area contributed by atoms with E-state index in [2.05, 4.69) is 36.3 Å². The lowest BCUT2D eigenvalue weighted by molar-refractivity contribution is -0.121. The van der Waals surface area contributed by atoms with Gasteiger partial charge in [0.05, 0.1) is 19.3 Å².